The molecule has 1 atom stereocenters. The average molecular weight is 369 g/mol. The summed E-state index contributed by atoms with van der Waals surface area (Å²) in [7, 11) is 0. The highest BCUT2D eigenvalue weighted by atomic mass is 19.4. The number of hydrogen-bond acceptors (Lipinski definition) is 1. The van der Waals surface area contributed by atoms with Crippen LogP contribution in [0, 0.1) is 0 Å². The molecule has 0 saturated carbocycles. The molecule has 0 radical (unpaired) electrons. The molecule has 138 valence electrons. The molecule has 0 aliphatic rings. The lowest BCUT2D eigenvalue weighted by Crippen LogP contribution is -2.24. The Morgan fingerprint density at radius 1 is 1.00 bits per heavy atom. The topological polar surface area (TPSA) is 29.1 Å². The maximum absolute atomic E-state index is 12.8. The summed E-state index contributed by atoms with van der Waals surface area (Å²) in [4.78, 5) is 12.2. The minimum Gasteiger partial charge on any atom is -0.346 e. The van der Waals surface area contributed by atoms with Crippen LogP contribution in [0.5, 0.6) is 0 Å². The Morgan fingerprint density at radius 2 is 1.70 bits per heavy atom. The summed E-state index contributed by atoms with van der Waals surface area (Å²) in [6, 6.07) is 18.4. The summed E-state index contributed by atoms with van der Waals surface area (Å²) < 4.78 is 38.3. The molecule has 0 saturated heterocycles. The van der Waals surface area contributed by atoms with E-state index in [1.807, 2.05) is 49.4 Å². The second-order valence-electron chi connectivity index (χ2n) is 6.26. The van der Waals surface area contributed by atoms with Crippen LogP contribution >= 0.6 is 0 Å². The van der Waals surface area contributed by atoms with Gasteiger partial charge < -0.3 is 5.32 Å². The standard InChI is InChI=1S/C22H18F3NO/c1-15(19-11-5-8-17-7-2-3-10-20(17)19)26-21(27)13-12-16-6-4-9-18(14-16)22(23,24)25/h2-15H,1H3,(H,26,27)/b13-12+. The van der Waals surface area contributed by atoms with Gasteiger partial charge in [-0.15, -0.1) is 0 Å². The van der Waals surface area contributed by atoms with Crippen LogP contribution in [0.15, 0.2) is 72.8 Å². The van der Waals surface area contributed by atoms with Gasteiger partial charge in [0.15, 0.2) is 0 Å². The van der Waals surface area contributed by atoms with Crippen molar-refractivity contribution < 1.29 is 18.0 Å². The molecular weight excluding hydrogens is 351 g/mol. The molecule has 0 heterocycles. The van der Waals surface area contributed by atoms with Crippen molar-refractivity contribution in [2.75, 3.05) is 0 Å². The highest BCUT2D eigenvalue weighted by molar-refractivity contribution is 5.93. The number of alkyl halides is 3. The first-order chi connectivity index (χ1) is 12.8. The molecule has 0 spiro atoms. The summed E-state index contributed by atoms with van der Waals surface area (Å²) in [5.41, 5.74) is 0.556. The third kappa shape index (κ3) is 4.56. The first-order valence-corrected chi connectivity index (χ1v) is 8.48. The van der Waals surface area contributed by atoms with Gasteiger partial charge in [-0.3, -0.25) is 4.79 Å². The second-order valence-corrected chi connectivity index (χ2v) is 6.26. The molecule has 3 rings (SSSR count). The first-order valence-electron chi connectivity index (χ1n) is 8.48. The van der Waals surface area contributed by atoms with Gasteiger partial charge in [-0.1, -0.05) is 54.6 Å². The van der Waals surface area contributed by atoms with Crippen molar-refractivity contribution in [3.63, 3.8) is 0 Å². The van der Waals surface area contributed by atoms with E-state index in [2.05, 4.69) is 5.32 Å². The SMILES string of the molecule is CC(NC(=O)/C=C/c1cccc(C(F)(F)F)c1)c1cccc2ccccc12. The zero-order valence-corrected chi connectivity index (χ0v) is 14.6. The van der Waals surface area contributed by atoms with Crippen molar-refractivity contribution >= 4 is 22.8 Å². The molecule has 3 aromatic carbocycles. The molecule has 3 aromatic rings. The Labute approximate surface area is 155 Å². The minimum atomic E-state index is -4.41. The van der Waals surface area contributed by atoms with Gasteiger partial charge in [0.25, 0.3) is 0 Å². The smallest absolute Gasteiger partial charge is 0.346 e. The van der Waals surface area contributed by atoms with Crippen LogP contribution in [0.4, 0.5) is 13.2 Å². The number of amides is 1. The number of carbonyl (C=O) groups excluding carboxylic acids is 1. The zero-order valence-electron chi connectivity index (χ0n) is 14.6. The van der Waals surface area contributed by atoms with Crippen LogP contribution in [0.25, 0.3) is 16.8 Å². The lowest BCUT2D eigenvalue weighted by Gasteiger charge is -2.15. The molecule has 0 fully saturated rings. The van der Waals surface area contributed by atoms with E-state index in [1.54, 1.807) is 0 Å². The summed E-state index contributed by atoms with van der Waals surface area (Å²) in [5, 5.41) is 4.99. The van der Waals surface area contributed by atoms with E-state index in [-0.39, 0.29) is 11.9 Å². The summed E-state index contributed by atoms with van der Waals surface area (Å²) in [6.45, 7) is 1.87. The van der Waals surface area contributed by atoms with E-state index in [4.69, 9.17) is 0 Å². The monoisotopic (exact) mass is 369 g/mol. The van der Waals surface area contributed by atoms with Crippen LogP contribution in [0.2, 0.25) is 0 Å². The maximum Gasteiger partial charge on any atom is 0.416 e. The number of halogens is 3. The van der Waals surface area contributed by atoms with Gasteiger partial charge in [-0.25, -0.2) is 0 Å². The van der Waals surface area contributed by atoms with Gasteiger partial charge in [-0.2, -0.15) is 13.2 Å². The molecule has 27 heavy (non-hydrogen) atoms. The summed E-state index contributed by atoms with van der Waals surface area (Å²) >= 11 is 0. The van der Waals surface area contributed by atoms with E-state index in [9.17, 15) is 18.0 Å². The largest absolute Gasteiger partial charge is 0.416 e. The van der Waals surface area contributed by atoms with Crippen molar-refractivity contribution in [3.8, 4) is 0 Å². The number of carbonyl (C=O) groups is 1. The Morgan fingerprint density at radius 3 is 2.48 bits per heavy atom. The Bertz CT molecular complexity index is 987. The number of fused-ring (bicyclic) bond motifs is 1. The maximum atomic E-state index is 12.8. The van der Waals surface area contributed by atoms with E-state index < -0.39 is 11.7 Å². The molecule has 1 unspecified atom stereocenters. The van der Waals surface area contributed by atoms with Crippen molar-refractivity contribution in [1.29, 1.82) is 0 Å². The van der Waals surface area contributed by atoms with Crippen molar-refractivity contribution in [2.45, 2.75) is 19.1 Å². The molecule has 0 bridgehead atoms. The average Bonchev–Trinajstić information content (AvgIpc) is 2.65. The lowest BCUT2D eigenvalue weighted by molar-refractivity contribution is -0.137. The summed E-state index contributed by atoms with van der Waals surface area (Å²) in [5.74, 6) is -0.368. The van der Waals surface area contributed by atoms with Gasteiger partial charge in [0.2, 0.25) is 5.91 Å². The zero-order chi connectivity index (χ0) is 19.4. The van der Waals surface area contributed by atoms with Crippen LogP contribution in [0.3, 0.4) is 0 Å². The molecule has 1 N–H and O–H groups in total. The van der Waals surface area contributed by atoms with Crippen molar-refractivity contribution in [1.82, 2.24) is 5.32 Å². The number of hydrogen-bond donors (Lipinski definition) is 1. The van der Waals surface area contributed by atoms with Crippen LogP contribution in [-0.2, 0) is 11.0 Å². The van der Waals surface area contributed by atoms with Crippen LogP contribution < -0.4 is 5.32 Å². The highest BCUT2D eigenvalue weighted by Gasteiger charge is 2.30. The van der Waals surface area contributed by atoms with Crippen molar-refractivity contribution in [2.24, 2.45) is 0 Å². The van der Waals surface area contributed by atoms with Crippen LogP contribution in [0.1, 0.15) is 29.7 Å². The molecule has 1 amide bonds. The van der Waals surface area contributed by atoms with Crippen LogP contribution in [-0.4, -0.2) is 5.91 Å². The van der Waals surface area contributed by atoms with E-state index in [0.717, 1.165) is 28.5 Å². The van der Waals surface area contributed by atoms with Gasteiger partial charge in [-0.05, 0) is 47.0 Å². The number of benzene rings is 3. The number of rotatable bonds is 4. The third-order valence-electron chi connectivity index (χ3n) is 4.29. The fraction of sp³-hybridized carbons (Fsp3) is 0.136. The molecule has 0 aliphatic carbocycles. The fourth-order valence-electron chi connectivity index (χ4n) is 2.96. The molecule has 2 nitrogen and oxygen atoms in total. The van der Waals surface area contributed by atoms with Gasteiger partial charge in [0.1, 0.15) is 0 Å². The fourth-order valence-corrected chi connectivity index (χ4v) is 2.96. The second kappa shape index (κ2) is 7.66. The molecule has 5 heteroatoms. The normalized spacial score (nSPS) is 13.0. The number of nitrogens with one attached hydrogen (secondary N) is 1. The molecule has 0 aromatic heterocycles. The Kier molecular flexibility index (Phi) is 5.31. The van der Waals surface area contributed by atoms with E-state index in [1.165, 1.54) is 24.3 Å². The lowest BCUT2D eigenvalue weighted by atomic mass is 10.00. The van der Waals surface area contributed by atoms with E-state index >= 15 is 0 Å². The summed E-state index contributed by atoms with van der Waals surface area (Å²) in [6.07, 6.45) is -1.79. The van der Waals surface area contributed by atoms with Gasteiger partial charge in [0.05, 0.1) is 11.6 Å². The quantitative estimate of drug-likeness (QED) is 0.583. The Hall–Kier alpha value is -3.08. The third-order valence-corrected chi connectivity index (χ3v) is 4.29. The minimum absolute atomic E-state index is 0.241. The predicted octanol–water partition coefficient (Wildman–Crippen LogP) is 5.75. The molecular formula is C22H18F3NO. The Balaban J connectivity index is 1.73. The van der Waals surface area contributed by atoms with Gasteiger partial charge >= 0.3 is 6.18 Å². The predicted molar refractivity (Wildman–Crippen MR) is 101 cm³/mol. The van der Waals surface area contributed by atoms with E-state index in [0.29, 0.717) is 5.56 Å². The highest BCUT2D eigenvalue weighted by Crippen LogP contribution is 2.29. The first kappa shape index (κ1) is 18.7. The van der Waals surface area contributed by atoms with Crippen molar-refractivity contribution in [3.05, 3.63) is 89.5 Å². The van der Waals surface area contributed by atoms with Gasteiger partial charge in [0, 0.05) is 6.08 Å². The molecule has 0 aliphatic heterocycles.